The van der Waals surface area contributed by atoms with Crippen LogP contribution in [0.4, 0.5) is 0 Å². The molecule has 0 radical (unpaired) electrons. The van der Waals surface area contributed by atoms with Crippen LogP contribution in [0.25, 0.3) is 54.3 Å². The molecule has 0 spiro atoms. The van der Waals surface area contributed by atoms with Gasteiger partial charge >= 0.3 is 0 Å². The molecule has 0 aliphatic rings. The first kappa shape index (κ1) is 14.3. The van der Waals surface area contributed by atoms with Crippen LogP contribution in [0.15, 0.2) is 87.8 Å². The van der Waals surface area contributed by atoms with Crippen molar-refractivity contribution in [2.45, 2.75) is 0 Å². The van der Waals surface area contributed by atoms with Gasteiger partial charge in [0.2, 0.25) is 0 Å². The van der Waals surface area contributed by atoms with Gasteiger partial charge in [0.05, 0.1) is 0 Å². The summed E-state index contributed by atoms with van der Waals surface area (Å²) < 4.78 is 7.49. The predicted octanol–water partition coefficient (Wildman–Crippen LogP) is 7.81. The fourth-order valence-electron chi connectivity index (χ4n) is 4.11. The molecule has 0 fully saturated rings. The molecule has 0 N–H and O–H groups in total. The van der Waals surface area contributed by atoms with Crippen molar-refractivity contribution in [2.75, 3.05) is 0 Å². The second kappa shape index (κ2) is 5.09. The molecule has 6 rings (SSSR count). The quantitative estimate of drug-likeness (QED) is 0.238. The van der Waals surface area contributed by atoms with Gasteiger partial charge in [0.15, 0.2) is 0 Å². The van der Waals surface area contributed by atoms with Crippen molar-refractivity contribution in [1.82, 2.24) is 0 Å². The molecule has 0 amide bonds. The van der Waals surface area contributed by atoms with E-state index in [1.54, 1.807) is 0 Å². The third-order valence-corrected chi connectivity index (χ3v) is 5.76. The minimum atomic E-state index is 0.944. The summed E-state index contributed by atoms with van der Waals surface area (Å²) in [6, 6.07) is 27.9. The highest BCUT2D eigenvalue weighted by Gasteiger charge is 2.16. The van der Waals surface area contributed by atoms with Gasteiger partial charge in [0, 0.05) is 20.6 Å². The Morgan fingerprint density at radius 3 is 2.15 bits per heavy atom. The van der Waals surface area contributed by atoms with Gasteiger partial charge in [-0.15, -0.1) is 0 Å². The Morgan fingerprint density at radius 2 is 1.31 bits per heavy atom. The second-order valence-corrected chi connectivity index (χ2v) is 7.65. The Balaban J connectivity index is 1.97. The molecule has 6 aromatic rings. The first-order valence-corrected chi connectivity index (χ1v) is 9.44. The van der Waals surface area contributed by atoms with Gasteiger partial charge in [-0.1, -0.05) is 64.5 Å². The molecule has 0 atom stereocenters. The molecule has 1 nitrogen and oxygen atoms in total. The van der Waals surface area contributed by atoms with Crippen molar-refractivity contribution >= 4 is 70.2 Å². The maximum atomic E-state index is 6.41. The summed E-state index contributed by atoms with van der Waals surface area (Å²) in [6.45, 7) is 0. The maximum Gasteiger partial charge on any atom is 0.143 e. The van der Waals surface area contributed by atoms with E-state index in [0.29, 0.717) is 0 Å². The molecule has 0 saturated heterocycles. The molecule has 0 aliphatic heterocycles. The normalized spacial score (nSPS) is 12.0. The van der Waals surface area contributed by atoms with Crippen molar-refractivity contribution in [1.29, 1.82) is 0 Å². The zero-order chi connectivity index (χ0) is 17.3. The van der Waals surface area contributed by atoms with E-state index in [1.165, 1.54) is 37.7 Å². The van der Waals surface area contributed by atoms with Crippen LogP contribution in [0.3, 0.4) is 0 Å². The van der Waals surface area contributed by atoms with Crippen LogP contribution < -0.4 is 0 Å². The van der Waals surface area contributed by atoms with Crippen LogP contribution in [-0.4, -0.2) is 0 Å². The molecule has 0 bridgehead atoms. The molecule has 0 aliphatic carbocycles. The average Bonchev–Trinajstić information content (AvgIpc) is 3.04. The zero-order valence-corrected chi connectivity index (χ0v) is 15.4. The number of hydrogen-bond donors (Lipinski definition) is 0. The van der Waals surface area contributed by atoms with Crippen molar-refractivity contribution in [2.24, 2.45) is 0 Å². The van der Waals surface area contributed by atoms with Crippen LogP contribution in [0.5, 0.6) is 0 Å². The van der Waals surface area contributed by atoms with Crippen molar-refractivity contribution in [3.63, 3.8) is 0 Å². The highest BCUT2D eigenvalue weighted by Crippen LogP contribution is 2.42. The number of benzene rings is 5. The smallest absolute Gasteiger partial charge is 0.143 e. The SMILES string of the molecule is Brc1ccc2c(c1)c1ccccc1c1c3cc4ccccc4cc3oc21. The average molecular weight is 397 g/mol. The lowest BCUT2D eigenvalue weighted by Crippen LogP contribution is -1.80. The summed E-state index contributed by atoms with van der Waals surface area (Å²) in [4.78, 5) is 0. The van der Waals surface area contributed by atoms with E-state index in [2.05, 4.69) is 94.8 Å². The fourth-order valence-corrected chi connectivity index (χ4v) is 4.47. The van der Waals surface area contributed by atoms with E-state index in [9.17, 15) is 0 Å². The van der Waals surface area contributed by atoms with E-state index < -0.39 is 0 Å². The highest BCUT2D eigenvalue weighted by atomic mass is 79.9. The molecular weight excluding hydrogens is 384 g/mol. The lowest BCUT2D eigenvalue weighted by molar-refractivity contribution is 0.673. The first-order chi connectivity index (χ1) is 12.8. The Morgan fingerprint density at radius 1 is 0.577 bits per heavy atom. The van der Waals surface area contributed by atoms with E-state index in [1.807, 2.05) is 0 Å². The summed E-state index contributed by atoms with van der Waals surface area (Å²) in [5.74, 6) is 0. The fraction of sp³-hybridized carbons (Fsp3) is 0. The first-order valence-electron chi connectivity index (χ1n) is 8.64. The van der Waals surface area contributed by atoms with Crippen LogP contribution in [0.2, 0.25) is 0 Å². The number of furan rings is 1. The summed E-state index contributed by atoms with van der Waals surface area (Å²) in [5, 5.41) is 9.69. The number of rotatable bonds is 0. The van der Waals surface area contributed by atoms with Crippen LogP contribution in [0, 0.1) is 0 Å². The number of fused-ring (bicyclic) bond motifs is 9. The molecular formula is C24H13BrO. The van der Waals surface area contributed by atoms with E-state index in [-0.39, 0.29) is 0 Å². The summed E-state index contributed by atoms with van der Waals surface area (Å²) >= 11 is 3.62. The Kier molecular flexibility index (Phi) is 2.81. The molecule has 0 saturated carbocycles. The number of hydrogen-bond acceptors (Lipinski definition) is 1. The second-order valence-electron chi connectivity index (χ2n) is 6.74. The van der Waals surface area contributed by atoms with Crippen molar-refractivity contribution < 1.29 is 4.42 Å². The van der Waals surface area contributed by atoms with Gasteiger partial charge in [-0.25, -0.2) is 0 Å². The van der Waals surface area contributed by atoms with Gasteiger partial charge in [0.25, 0.3) is 0 Å². The Bertz CT molecular complexity index is 1490. The summed E-state index contributed by atoms with van der Waals surface area (Å²) in [5.41, 5.74) is 1.91. The molecule has 5 aromatic carbocycles. The standard InChI is InChI=1S/C24H13BrO/c25-16-9-10-19-20(13-16)17-7-3-4-8-18(17)23-21-11-14-5-1-2-6-15(14)12-22(21)26-24(19)23/h1-13H. The maximum absolute atomic E-state index is 6.41. The molecule has 1 heterocycles. The van der Waals surface area contributed by atoms with Crippen molar-refractivity contribution in [3.05, 3.63) is 83.3 Å². The van der Waals surface area contributed by atoms with Gasteiger partial charge in [-0.05, 0) is 57.3 Å². The van der Waals surface area contributed by atoms with Gasteiger partial charge in [-0.2, -0.15) is 0 Å². The third kappa shape index (κ3) is 1.85. The molecule has 122 valence electrons. The highest BCUT2D eigenvalue weighted by molar-refractivity contribution is 9.10. The lowest BCUT2D eigenvalue weighted by atomic mass is 9.96. The Hall–Kier alpha value is -2.84. The minimum Gasteiger partial charge on any atom is -0.455 e. The Labute approximate surface area is 158 Å². The summed E-state index contributed by atoms with van der Waals surface area (Å²) in [7, 11) is 0. The summed E-state index contributed by atoms with van der Waals surface area (Å²) in [6.07, 6.45) is 0. The number of halogens is 1. The van der Waals surface area contributed by atoms with Crippen LogP contribution in [-0.2, 0) is 0 Å². The predicted molar refractivity (Wildman–Crippen MR) is 114 cm³/mol. The topological polar surface area (TPSA) is 13.1 Å². The zero-order valence-electron chi connectivity index (χ0n) is 13.8. The van der Waals surface area contributed by atoms with E-state index in [0.717, 1.165) is 21.0 Å². The molecule has 0 unspecified atom stereocenters. The van der Waals surface area contributed by atoms with E-state index in [4.69, 9.17) is 4.42 Å². The monoisotopic (exact) mass is 396 g/mol. The van der Waals surface area contributed by atoms with Crippen LogP contribution >= 0.6 is 15.9 Å². The molecule has 1 aromatic heterocycles. The van der Waals surface area contributed by atoms with Gasteiger partial charge < -0.3 is 4.42 Å². The minimum absolute atomic E-state index is 0.944. The van der Waals surface area contributed by atoms with E-state index >= 15 is 0 Å². The van der Waals surface area contributed by atoms with Crippen LogP contribution in [0.1, 0.15) is 0 Å². The third-order valence-electron chi connectivity index (χ3n) is 5.27. The van der Waals surface area contributed by atoms with Gasteiger partial charge in [-0.3, -0.25) is 0 Å². The molecule has 26 heavy (non-hydrogen) atoms. The lowest BCUT2D eigenvalue weighted by Gasteiger charge is -2.07. The van der Waals surface area contributed by atoms with Crippen molar-refractivity contribution in [3.8, 4) is 0 Å². The largest absolute Gasteiger partial charge is 0.455 e. The molecule has 2 heteroatoms. The van der Waals surface area contributed by atoms with Gasteiger partial charge in [0.1, 0.15) is 11.2 Å².